The molecule has 160 valence electrons. The van der Waals surface area contributed by atoms with Crippen LogP contribution in [0, 0.1) is 6.92 Å². The first kappa shape index (κ1) is 21.3. The predicted octanol–water partition coefficient (Wildman–Crippen LogP) is 4.98. The van der Waals surface area contributed by atoms with Crippen molar-refractivity contribution < 1.29 is 4.79 Å². The number of para-hydroxylation sites is 1. The number of imidazole rings is 1. The number of carbonyl (C=O) groups excluding carboxylic acids is 1. The molecule has 0 radical (unpaired) electrons. The molecule has 0 bridgehead atoms. The van der Waals surface area contributed by atoms with Gasteiger partial charge >= 0.3 is 0 Å². The lowest BCUT2D eigenvalue weighted by Gasteiger charge is -2.16. The topological polar surface area (TPSA) is 112 Å². The van der Waals surface area contributed by atoms with Crippen LogP contribution in [0.5, 0.6) is 0 Å². The van der Waals surface area contributed by atoms with E-state index in [9.17, 15) is 4.79 Å². The highest BCUT2D eigenvalue weighted by atomic mass is 35.5. The van der Waals surface area contributed by atoms with Gasteiger partial charge in [0.2, 0.25) is 0 Å². The van der Waals surface area contributed by atoms with Crippen LogP contribution >= 0.6 is 11.6 Å². The van der Waals surface area contributed by atoms with Gasteiger partial charge in [0.15, 0.2) is 0 Å². The third kappa shape index (κ3) is 3.52. The Balaban J connectivity index is 2.06. The Kier molecular flexibility index (Phi) is 5.50. The summed E-state index contributed by atoms with van der Waals surface area (Å²) in [4.78, 5) is 25.2. The normalized spacial score (nSPS) is 11.7. The van der Waals surface area contributed by atoms with Gasteiger partial charge < -0.3 is 11.5 Å². The average molecular weight is 445 g/mol. The number of hydrogen-bond donors (Lipinski definition) is 2. The van der Waals surface area contributed by atoms with Crippen LogP contribution in [0.1, 0.15) is 28.7 Å². The summed E-state index contributed by atoms with van der Waals surface area (Å²) in [5.74, 6) is 0.487. The number of nitrogens with zero attached hydrogens (tertiary/aromatic N) is 4. The van der Waals surface area contributed by atoms with E-state index in [0.717, 1.165) is 22.4 Å². The first-order valence-corrected chi connectivity index (χ1v) is 10.2. The Labute approximate surface area is 190 Å². The van der Waals surface area contributed by atoms with E-state index in [4.69, 9.17) is 23.1 Å². The fourth-order valence-electron chi connectivity index (χ4n) is 3.87. The molecule has 0 saturated carbocycles. The standard InChI is InChI=1S/C24H21ClN6O/c1-4-19(16-6-5-7-18(25)22(16)28-3)31-13(2)30-23-17(24(27)32)10-15(11-20(23)31)14-8-9-29-21(26)12-14/h4-12H,3H2,1-2H3,(H2,26,29)(H2,27,32)/b19-4+. The summed E-state index contributed by atoms with van der Waals surface area (Å²) in [5, 5.41) is 0.490. The monoisotopic (exact) mass is 444 g/mol. The number of nitrogens with two attached hydrogens (primary N) is 2. The summed E-state index contributed by atoms with van der Waals surface area (Å²) in [6.07, 6.45) is 3.56. The van der Waals surface area contributed by atoms with Crippen molar-refractivity contribution in [3.8, 4) is 11.1 Å². The van der Waals surface area contributed by atoms with Crippen LogP contribution in [0.15, 0.2) is 59.7 Å². The molecular weight excluding hydrogens is 424 g/mol. The van der Waals surface area contributed by atoms with E-state index in [1.807, 2.05) is 48.8 Å². The van der Waals surface area contributed by atoms with Crippen LogP contribution in [0.4, 0.5) is 11.5 Å². The Morgan fingerprint density at radius 1 is 1.19 bits per heavy atom. The molecule has 0 fully saturated rings. The van der Waals surface area contributed by atoms with E-state index >= 15 is 0 Å². The zero-order valence-corrected chi connectivity index (χ0v) is 18.4. The number of nitrogen functional groups attached to an aromatic ring is 1. The molecule has 0 aliphatic heterocycles. The van der Waals surface area contributed by atoms with Crippen LogP contribution < -0.4 is 11.5 Å². The van der Waals surface area contributed by atoms with Crippen LogP contribution in [-0.2, 0) is 0 Å². The van der Waals surface area contributed by atoms with Gasteiger partial charge in [-0.1, -0.05) is 29.8 Å². The number of fused-ring (bicyclic) bond motifs is 1. The van der Waals surface area contributed by atoms with Gasteiger partial charge in [-0.3, -0.25) is 14.4 Å². The summed E-state index contributed by atoms with van der Waals surface area (Å²) in [6, 6.07) is 12.8. The zero-order chi connectivity index (χ0) is 23.0. The van der Waals surface area contributed by atoms with Crippen LogP contribution in [0.25, 0.3) is 27.9 Å². The molecule has 0 saturated heterocycles. The van der Waals surface area contributed by atoms with Gasteiger partial charge in [0.05, 0.1) is 27.5 Å². The Morgan fingerprint density at radius 2 is 1.97 bits per heavy atom. The van der Waals surface area contributed by atoms with Crippen molar-refractivity contribution in [3.63, 3.8) is 0 Å². The summed E-state index contributed by atoms with van der Waals surface area (Å²) >= 11 is 6.37. The summed E-state index contributed by atoms with van der Waals surface area (Å²) in [6.45, 7) is 7.45. The highest BCUT2D eigenvalue weighted by Crippen LogP contribution is 2.37. The molecule has 2 aromatic carbocycles. The molecule has 0 aliphatic carbocycles. The van der Waals surface area contributed by atoms with Gasteiger partial charge in [0.1, 0.15) is 17.2 Å². The van der Waals surface area contributed by atoms with Crippen molar-refractivity contribution in [1.29, 1.82) is 0 Å². The lowest BCUT2D eigenvalue weighted by atomic mass is 10.0. The zero-order valence-electron chi connectivity index (χ0n) is 17.6. The van der Waals surface area contributed by atoms with Crippen molar-refractivity contribution in [1.82, 2.24) is 14.5 Å². The summed E-state index contributed by atoms with van der Waals surface area (Å²) in [5.41, 5.74) is 16.9. The lowest BCUT2D eigenvalue weighted by molar-refractivity contribution is 0.100. The second-order valence-electron chi connectivity index (χ2n) is 7.19. The van der Waals surface area contributed by atoms with Crippen LogP contribution in [0.2, 0.25) is 5.02 Å². The number of aromatic nitrogens is 3. The fraction of sp³-hybridized carbons (Fsp3) is 0.0833. The number of primary amides is 1. The molecule has 0 aliphatic rings. The lowest BCUT2D eigenvalue weighted by Crippen LogP contribution is -2.12. The molecule has 7 nitrogen and oxygen atoms in total. The minimum absolute atomic E-state index is 0.318. The van der Waals surface area contributed by atoms with Crippen LogP contribution in [-0.4, -0.2) is 27.2 Å². The molecule has 4 N–H and O–H groups in total. The third-order valence-electron chi connectivity index (χ3n) is 5.24. The number of pyridine rings is 1. The first-order chi connectivity index (χ1) is 15.3. The number of amides is 1. The second-order valence-corrected chi connectivity index (χ2v) is 7.59. The maximum Gasteiger partial charge on any atom is 0.250 e. The number of aryl methyl sites for hydroxylation is 1. The Bertz CT molecular complexity index is 1420. The number of hydrogen-bond acceptors (Lipinski definition) is 5. The third-order valence-corrected chi connectivity index (χ3v) is 5.55. The van der Waals surface area contributed by atoms with Crippen LogP contribution in [0.3, 0.4) is 0 Å². The van der Waals surface area contributed by atoms with Gasteiger partial charge in [-0.15, -0.1) is 0 Å². The predicted molar refractivity (Wildman–Crippen MR) is 130 cm³/mol. The SMILES string of the molecule is C=Nc1c(Cl)cccc1/C(=C\C)n1c(C)nc2c(C(N)=O)cc(-c3ccnc(N)c3)cc21. The number of carbonyl (C=O) groups is 1. The van der Waals surface area contributed by atoms with Gasteiger partial charge in [-0.05, 0) is 62.0 Å². The smallest absolute Gasteiger partial charge is 0.250 e. The number of aliphatic imine (C=N–C) groups is 1. The molecule has 1 amide bonds. The first-order valence-electron chi connectivity index (χ1n) is 9.82. The molecule has 2 heterocycles. The molecule has 2 aromatic heterocycles. The number of anilines is 1. The highest BCUT2D eigenvalue weighted by Gasteiger charge is 2.21. The maximum absolute atomic E-state index is 12.3. The van der Waals surface area contributed by atoms with E-state index in [-0.39, 0.29) is 0 Å². The molecule has 32 heavy (non-hydrogen) atoms. The molecule has 0 atom stereocenters. The van der Waals surface area contributed by atoms with E-state index in [1.165, 1.54) is 0 Å². The van der Waals surface area contributed by atoms with Gasteiger partial charge in [-0.25, -0.2) is 9.97 Å². The van der Waals surface area contributed by atoms with E-state index in [1.54, 1.807) is 24.4 Å². The molecule has 0 spiro atoms. The number of rotatable bonds is 5. The minimum atomic E-state index is -0.568. The Hall–Kier alpha value is -3.97. The molecular formula is C24H21ClN6O. The minimum Gasteiger partial charge on any atom is -0.384 e. The average Bonchev–Trinajstić information content (AvgIpc) is 3.09. The fourth-order valence-corrected chi connectivity index (χ4v) is 4.10. The van der Waals surface area contributed by atoms with Crippen molar-refractivity contribution in [2.45, 2.75) is 13.8 Å². The van der Waals surface area contributed by atoms with Crippen molar-refractivity contribution in [2.24, 2.45) is 10.7 Å². The summed E-state index contributed by atoms with van der Waals surface area (Å²) in [7, 11) is 0. The number of allylic oxidation sites excluding steroid dienone is 1. The highest BCUT2D eigenvalue weighted by molar-refractivity contribution is 6.33. The molecule has 0 unspecified atom stereocenters. The number of benzene rings is 2. The quantitative estimate of drug-likeness (QED) is 0.422. The second kappa shape index (κ2) is 8.28. The molecule has 4 rings (SSSR count). The van der Waals surface area contributed by atoms with Gasteiger partial charge in [-0.2, -0.15) is 0 Å². The molecule has 8 heteroatoms. The Morgan fingerprint density at radius 3 is 2.62 bits per heavy atom. The van der Waals surface area contributed by atoms with Crippen molar-refractivity contribution in [3.05, 3.63) is 76.7 Å². The van der Waals surface area contributed by atoms with Gasteiger partial charge in [0.25, 0.3) is 5.91 Å². The van der Waals surface area contributed by atoms with Crippen molar-refractivity contribution in [2.75, 3.05) is 5.73 Å². The van der Waals surface area contributed by atoms with E-state index in [2.05, 4.69) is 21.7 Å². The van der Waals surface area contributed by atoms with E-state index < -0.39 is 5.91 Å². The van der Waals surface area contributed by atoms with Gasteiger partial charge in [0, 0.05) is 11.8 Å². The number of halogens is 1. The molecule has 4 aromatic rings. The van der Waals surface area contributed by atoms with E-state index in [0.29, 0.717) is 38.9 Å². The largest absolute Gasteiger partial charge is 0.384 e. The maximum atomic E-state index is 12.3. The van der Waals surface area contributed by atoms with Crippen molar-refractivity contribution >= 4 is 52.5 Å². The summed E-state index contributed by atoms with van der Waals surface area (Å²) < 4.78 is 1.95.